The minimum absolute atomic E-state index is 0.508. The van der Waals surface area contributed by atoms with Crippen molar-refractivity contribution in [2.24, 2.45) is 0 Å². The van der Waals surface area contributed by atoms with Gasteiger partial charge in [-0.25, -0.2) is 4.98 Å². The fraction of sp³-hybridized carbons (Fsp3) is 0.190. The molecule has 0 atom stereocenters. The highest BCUT2D eigenvalue weighted by Gasteiger charge is 2.07. The van der Waals surface area contributed by atoms with Crippen molar-refractivity contribution >= 4 is 17.5 Å². The standard InChI is InChI=1S/C21H21N5O2/c1-14-9-20(25-17-6-4-5-15(10-17)12-22)26-21(24-14)23-13-16-7-8-18(27-2)19(11-16)28-3/h4-11H,13H2,1-3H3,(H2,23,24,25,26). The summed E-state index contributed by atoms with van der Waals surface area (Å²) in [5.41, 5.74) is 3.22. The molecule has 0 aliphatic carbocycles. The van der Waals surface area contributed by atoms with Crippen LogP contribution >= 0.6 is 0 Å². The number of benzene rings is 2. The van der Waals surface area contributed by atoms with Gasteiger partial charge in [-0.1, -0.05) is 12.1 Å². The molecule has 1 heterocycles. The van der Waals surface area contributed by atoms with E-state index in [1.165, 1.54) is 0 Å². The Morgan fingerprint density at radius 2 is 1.82 bits per heavy atom. The van der Waals surface area contributed by atoms with Gasteiger partial charge in [0.25, 0.3) is 0 Å². The van der Waals surface area contributed by atoms with E-state index in [2.05, 4.69) is 26.7 Å². The Morgan fingerprint density at radius 3 is 2.57 bits per heavy atom. The lowest BCUT2D eigenvalue weighted by atomic mass is 10.2. The predicted octanol–water partition coefficient (Wildman–Crippen LogP) is 4.03. The summed E-state index contributed by atoms with van der Waals surface area (Å²) in [6.07, 6.45) is 0. The Morgan fingerprint density at radius 1 is 1.00 bits per heavy atom. The van der Waals surface area contributed by atoms with E-state index in [1.807, 2.05) is 43.3 Å². The molecule has 2 aromatic carbocycles. The molecule has 7 nitrogen and oxygen atoms in total. The molecule has 0 saturated heterocycles. The predicted molar refractivity (Wildman–Crippen MR) is 108 cm³/mol. The highest BCUT2D eigenvalue weighted by Crippen LogP contribution is 2.27. The van der Waals surface area contributed by atoms with Crippen LogP contribution in [0.15, 0.2) is 48.5 Å². The van der Waals surface area contributed by atoms with Crippen LogP contribution < -0.4 is 20.1 Å². The maximum Gasteiger partial charge on any atom is 0.225 e. The molecule has 28 heavy (non-hydrogen) atoms. The number of nitriles is 1. The molecule has 0 unspecified atom stereocenters. The van der Waals surface area contributed by atoms with Crippen molar-refractivity contribution in [2.75, 3.05) is 24.9 Å². The van der Waals surface area contributed by atoms with E-state index in [-0.39, 0.29) is 0 Å². The van der Waals surface area contributed by atoms with Crippen molar-refractivity contribution in [1.29, 1.82) is 5.26 Å². The number of aromatic nitrogens is 2. The maximum absolute atomic E-state index is 9.03. The van der Waals surface area contributed by atoms with Gasteiger partial charge in [0.1, 0.15) is 5.82 Å². The monoisotopic (exact) mass is 375 g/mol. The molecule has 0 amide bonds. The summed E-state index contributed by atoms with van der Waals surface area (Å²) < 4.78 is 10.6. The molecule has 3 rings (SSSR count). The van der Waals surface area contributed by atoms with Gasteiger partial charge in [0.2, 0.25) is 5.95 Å². The van der Waals surface area contributed by atoms with E-state index in [0.717, 1.165) is 16.9 Å². The van der Waals surface area contributed by atoms with Crippen LogP contribution in [0, 0.1) is 18.3 Å². The summed E-state index contributed by atoms with van der Waals surface area (Å²) in [6, 6.07) is 16.9. The summed E-state index contributed by atoms with van der Waals surface area (Å²) >= 11 is 0. The highest BCUT2D eigenvalue weighted by molar-refractivity contribution is 5.59. The molecule has 0 radical (unpaired) electrons. The third-order valence-electron chi connectivity index (χ3n) is 4.02. The zero-order valence-electron chi connectivity index (χ0n) is 16.0. The number of anilines is 3. The quantitative estimate of drug-likeness (QED) is 0.644. The number of ether oxygens (including phenoxy) is 2. The smallest absolute Gasteiger partial charge is 0.225 e. The Hall–Kier alpha value is -3.79. The van der Waals surface area contributed by atoms with Crippen molar-refractivity contribution in [1.82, 2.24) is 9.97 Å². The SMILES string of the molecule is COc1ccc(CNc2nc(C)cc(Nc3cccc(C#N)c3)n2)cc1OC. The van der Waals surface area contributed by atoms with Gasteiger partial charge in [0.05, 0.1) is 25.9 Å². The van der Waals surface area contributed by atoms with E-state index in [1.54, 1.807) is 26.4 Å². The molecule has 2 N–H and O–H groups in total. The van der Waals surface area contributed by atoms with Gasteiger partial charge in [0, 0.05) is 24.0 Å². The largest absolute Gasteiger partial charge is 0.493 e. The normalized spacial score (nSPS) is 10.1. The van der Waals surface area contributed by atoms with E-state index in [4.69, 9.17) is 14.7 Å². The molecule has 0 spiro atoms. The number of hydrogen-bond acceptors (Lipinski definition) is 7. The first-order valence-electron chi connectivity index (χ1n) is 8.69. The van der Waals surface area contributed by atoms with Crippen LogP contribution in [0.25, 0.3) is 0 Å². The number of aryl methyl sites for hydroxylation is 1. The lowest BCUT2D eigenvalue weighted by Gasteiger charge is -2.12. The van der Waals surface area contributed by atoms with Gasteiger partial charge in [-0.15, -0.1) is 0 Å². The van der Waals surface area contributed by atoms with Crippen LogP contribution in [0.4, 0.5) is 17.5 Å². The first-order chi connectivity index (χ1) is 13.6. The van der Waals surface area contributed by atoms with E-state index >= 15 is 0 Å². The Labute approximate surface area is 164 Å². The average Bonchev–Trinajstić information content (AvgIpc) is 2.71. The number of nitrogens with zero attached hydrogens (tertiary/aromatic N) is 3. The van der Waals surface area contributed by atoms with Crippen LogP contribution in [-0.4, -0.2) is 24.2 Å². The van der Waals surface area contributed by atoms with Gasteiger partial charge in [0.15, 0.2) is 11.5 Å². The highest BCUT2D eigenvalue weighted by atomic mass is 16.5. The second kappa shape index (κ2) is 8.73. The number of rotatable bonds is 7. The molecule has 1 aromatic heterocycles. The molecule has 7 heteroatoms. The summed E-state index contributed by atoms with van der Waals surface area (Å²) in [5.74, 6) is 2.52. The zero-order valence-corrected chi connectivity index (χ0v) is 16.0. The van der Waals surface area contributed by atoms with Crippen molar-refractivity contribution in [3.8, 4) is 17.6 Å². The van der Waals surface area contributed by atoms with Gasteiger partial charge in [-0.2, -0.15) is 10.2 Å². The Balaban J connectivity index is 1.74. The van der Waals surface area contributed by atoms with Gasteiger partial charge in [-0.05, 0) is 42.8 Å². The van der Waals surface area contributed by atoms with Gasteiger partial charge >= 0.3 is 0 Å². The van der Waals surface area contributed by atoms with E-state index in [9.17, 15) is 0 Å². The second-order valence-electron chi connectivity index (χ2n) is 6.08. The first-order valence-corrected chi connectivity index (χ1v) is 8.69. The molecule has 0 bridgehead atoms. The maximum atomic E-state index is 9.03. The Bertz CT molecular complexity index is 1010. The van der Waals surface area contributed by atoms with Crippen LogP contribution in [0.2, 0.25) is 0 Å². The number of nitrogens with one attached hydrogen (secondary N) is 2. The zero-order chi connectivity index (χ0) is 19.9. The van der Waals surface area contributed by atoms with Crippen molar-refractivity contribution in [2.45, 2.75) is 13.5 Å². The molecule has 0 fully saturated rings. The third-order valence-corrected chi connectivity index (χ3v) is 4.02. The van der Waals surface area contributed by atoms with E-state index < -0.39 is 0 Å². The number of hydrogen-bond donors (Lipinski definition) is 2. The number of methoxy groups -OCH3 is 2. The lowest BCUT2D eigenvalue weighted by molar-refractivity contribution is 0.354. The van der Waals surface area contributed by atoms with E-state index in [0.29, 0.717) is 35.4 Å². The Kier molecular flexibility index (Phi) is 5.92. The second-order valence-corrected chi connectivity index (χ2v) is 6.08. The fourth-order valence-electron chi connectivity index (χ4n) is 2.70. The first kappa shape index (κ1) is 19.0. The fourth-order valence-corrected chi connectivity index (χ4v) is 2.70. The van der Waals surface area contributed by atoms with Crippen LogP contribution in [0.3, 0.4) is 0 Å². The lowest BCUT2D eigenvalue weighted by Crippen LogP contribution is -2.06. The van der Waals surface area contributed by atoms with Crippen molar-refractivity contribution in [3.63, 3.8) is 0 Å². The van der Waals surface area contributed by atoms with Crippen molar-refractivity contribution in [3.05, 3.63) is 65.4 Å². The molecular formula is C21H21N5O2. The molecule has 142 valence electrons. The molecule has 0 saturated carbocycles. The minimum atomic E-state index is 0.508. The molecule has 3 aromatic rings. The molecule has 0 aliphatic rings. The third kappa shape index (κ3) is 4.68. The molecule has 0 aliphatic heterocycles. The summed E-state index contributed by atoms with van der Waals surface area (Å²) in [4.78, 5) is 8.93. The minimum Gasteiger partial charge on any atom is -0.493 e. The van der Waals surface area contributed by atoms with Gasteiger partial charge < -0.3 is 20.1 Å². The van der Waals surface area contributed by atoms with Gasteiger partial charge in [-0.3, -0.25) is 0 Å². The average molecular weight is 375 g/mol. The van der Waals surface area contributed by atoms with Crippen LogP contribution in [-0.2, 0) is 6.54 Å². The van der Waals surface area contributed by atoms with Crippen LogP contribution in [0.1, 0.15) is 16.8 Å². The summed E-state index contributed by atoms with van der Waals surface area (Å²) in [6.45, 7) is 2.44. The molecular weight excluding hydrogens is 354 g/mol. The summed E-state index contributed by atoms with van der Waals surface area (Å²) in [7, 11) is 3.22. The topological polar surface area (TPSA) is 92.1 Å². The van der Waals surface area contributed by atoms with Crippen molar-refractivity contribution < 1.29 is 9.47 Å². The summed E-state index contributed by atoms with van der Waals surface area (Å²) in [5, 5.41) is 15.5. The van der Waals surface area contributed by atoms with Crippen LogP contribution in [0.5, 0.6) is 11.5 Å².